The summed E-state index contributed by atoms with van der Waals surface area (Å²) >= 11 is 0. The van der Waals surface area contributed by atoms with E-state index in [1.165, 1.54) is 24.3 Å². The molecular formula is C21H14FIN2O2. The lowest BCUT2D eigenvalue weighted by atomic mass is 9.90. The fraction of sp³-hybridized carbons (Fsp3) is 0. The average molecular weight is 472 g/mol. The molecule has 0 bridgehead atoms. The van der Waals surface area contributed by atoms with Gasteiger partial charge >= 0.3 is 0 Å². The molecule has 0 unspecified atom stereocenters. The number of ketones is 2. The van der Waals surface area contributed by atoms with Gasteiger partial charge in [-0.3, -0.25) is 9.59 Å². The molecule has 0 fully saturated rings. The van der Waals surface area contributed by atoms with Crippen LogP contribution in [0.25, 0.3) is 5.70 Å². The topological polar surface area (TPSA) is 50.1 Å². The van der Waals surface area contributed by atoms with Gasteiger partial charge in [-0.1, -0.05) is 30.3 Å². The molecule has 0 saturated carbocycles. The monoisotopic (exact) mass is 472 g/mol. The second-order valence-electron chi connectivity index (χ2n) is 5.84. The number of rotatable bonds is 3. The van der Waals surface area contributed by atoms with Crippen molar-refractivity contribution < 1.29 is 42.5 Å². The molecule has 0 aliphatic heterocycles. The molecule has 6 heteroatoms. The van der Waals surface area contributed by atoms with Gasteiger partial charge in [0, 0.05) is 28.9 Å². The molecule has 0 atom stereocenters. The molecule has 4 nitrogen and oxygen atoms in total. The number of anilines is 1. The third-order valence-electron chi connectivity index (χ3n) is 4.18. The number of nitrogens with zero attached hydrogens (tertiary/aromatic N) is 1. The highest BCUT2D eigenvalue weighted by molar-refractivity contribution is 6.36. The number of nitrogens with one attached hydrogen (secondary N) is 1. The molecule has 1 aliphatic rings. The Morgan fingerprint density at radius 2 is 1.33 bits per heavy atom. The Morgan fingerprint density at radius 1 is 0.741 bits per heavy atom. The Hall–Kier alpha value is -2.87. The van der Waals surface area contributed by atoms with Crippen molar-refractivity contribution in [2.45, 2.75) is 0 Å². The number of benzene rings is 2. The van der Waals surface area contributed by atoms with Gasteiger partial charge in [0.15, 0.2) is 18.1 Å². The fourth-order valence-corrected chi connectivity index (χ4v) is 2.95. The molecule has 4 rings (SSSR count). The van der Waals surface area contributed by atoms with Crippen LogP contribution in [0.3, 0.4) is 0 Å². The minimum absolute atomic E-state index is 0. The lowest BCUT2D eigenvalue weighted by molar-refractivity contribution is -0.577. The summed E-state index contributed by atoms with van der Waals surface area (Å²) in [7, 11) is 0. The zero-order chi connectivity index (χ0) is 18.1. The maximum Gasteiger partial charge on any atom is 0.286 e. The first-order valence-electron chi connectivity index (χ1n) is 8.07. The molecule has 1 aliphatic carbocycles. The van der Waals surface area contributed by atoms with Crippen molar-refractivity contribution in [3.8, 4) is 0 Å². The van der Waals surface area contributed by atoms with Crippen LogP contribution in [0.15, 0.2) is 84.8 Å². The SMILES string of the molecule is O=C1C(Nc2ccc(F)cc2)=C([n+]2ccccc2)C(=O)c2ccccc21.[I-]. The van der Waals surface area contributed by atoms with Crippen LogP contribution >= 0.6 is 0 Å². The highest BCUT2D eigenvalue weighted by atomic mass is 127. The van der Waals surface area contributed by atoms with E-state index in [1.807, 2.05) is 6.07 Å². The predicted molar refractivity (Wildman–Crippen MR) is 95.0 cm³/mol. The number of fused-ring (bicyclic) bond motifs is 1. The van der Waals surface area contributed by atoms with Gasteiger partial charge in [0.25, 0.3) is 11.5 Å². The lowest BCUT2D eigenvalue weighted by Gasteiger charge is -2.18. The number of allylic oxidation sites excluding steroid dienone is 2. The van der Waals surface area contributed by atoms with E-state index in [4.69, 9.17) is 0 Å². The minimum Gasteiger partial charge on any atom is -1.00 e. The van der Waals surface area contributed by atoms with Crippen molar-refractivity contribution in [2.75, 3.05) is 5.32 Å². The highest BCUT2D eigenvalue weighted by Crippen LogP contribution is 2.27. The first-order chi connectivity index (χ1) is 12.6. The average Bonchev–Trinajstić information content (AvgIpc) is 2.68. The van der Waals surface area contributed by atoms with Gasteiger partial charge in [-0.05, 0) is 24.3 Å². The number of aromatic nitrogens is 1. The van der Waals surface area contributed by atoms with Crippen LogP contribution in [0.1, 0.15) is 20.7 Å². The summed E-state index contributed by atoms with van der Waals surface area (Å²) in [5.74, 6) is -0.907. The summed E-state index contributed by atoms with van der Waals surface area (Å²) in [5.41, 5.74) is 1.64. The lowest BCUT2D eigenvalue weighted by Crippen LogP contribution is -3.00. The van der Waals surface area contributed by atoms with Gasteiger partial charge in [0.1, 0.15) is 5.82 Å². The summed E-state index contributed by atoms with van der Waals surface area (Å²) in [6, 6.07) is 17.7. The Kier molecular flexibility index (Phi) is 5.46. The number of hydrogen-bond acceptors (Lipinski definition) is 3. The molecule has 134 valence electrons. The van der Waals surface area contributed by atoms with Gasteiger partial charge in [0.05, 0.1) is 0 Å². The summed E-state index contributed by atoms with van der Waals surface area (Å²) < 4.78 is 14.8. The third-order valence-corrected chi connectivity index (χ3v) is 4.18. The van der Waals surface area contributed by atoms with Crippen LogP contribution in [-0.4, -0.2) is 11.6 Å². The molecular weight excluding hydrogens is 458 g/mol. The van der Waals surface area contributed by atoms with Crippen molar-refractivity contribution in [1.29, 1.82) is 0 Å². The van der Waals surface area contributed by atoms with Gasteiger partial charge < -0.3 is 29.3 Å². The maximum absolute atomic E-state index is 13.2. The van der Waals surface area contributed by atoms with Gasteiger partial charge in [-0.25, -0.2) is 4.39 Å². The number of pyridine rings is 1. The largest absolute Gasteiger partial charge is 1.00 e. The molecule has 1 N–H and O–H groups in total. The molecule has 2 aromatic carbocycles. The minimum atomic E-state index is -0.376. The van der Waals surface area contributed by atoms with Crippen molar-refractivity contribution in [3.05, 3.63) is 102 Å². The molecule has 0 amide bonds. The van der Waals surface area contributed by atoms with Crippen molar-refractivity contribution >= 4 is 23.0 Å². The maximum atomic E-state index is 13.2. The number of carbonyl (C=O) groups excluding carboxylic acids is 2. The summed E-state index contributed by atoms with van der Waals surface area (Å²) in [4.78, 5) is 26.1. The van der Waals surface area contributed by atoms with E-state index in [1.54, 1.807) is 53.4 Å². The number of Topliss-reactive ketones (excluding diaryl/α,β-unsaturated/α-hetero) is 2. The fourth-order valence-electron chi connectivity index (χ4n) is 2.95. The van der Waals surface area contributed by atoms with E-state index in [0.29, 0.717) is 16.8 Å². The Morgan fingerprint density at radius 3 is 1.96 bits per heavy atom. The first kappa shape index (κ1) is 18.9. The van der Waals surface area contributed by atoms with Gasteiger partial charge in [-0.2, -0.15) is 4.57 Å². The van der Waals surface area contributed by atoms with E-state index in [2.05, 4.69) is 5.32 Å². The van der Waals surface area contributed by atoms with E-state index >= 15 is 0 Å². The summed E-state index contributed by atoms with van der Waals surface area (Å²) in [5, 5.41) is 3.00. The highest BCUT2D eigenvalue weighted by Gasteiger charge is 2.38. The zero-order valence-corrected chi connectivity index (χ0v) is 16.2. The molecule has 1 heterocycles. The van der Waals surface area contributed by atoms with Crippen LogP contribution < -0.4 is 33.9 Å². The first-order valence-corrected chi connectivity index (χ1v) is 8.07. The molecule has 0 spiro atoms. The van der Waals surface area contributed by atoms with E-state index in [0.717, 1.165) is 0 Å². The molecule has 0 radical (unpaired) electrons. The number of halogens is 2. The Labute approximate surface area is 172 Å². The van der Waals surface area contributed by atoms with E-state index < -0.39 is 0 Å². The Balaban J connectivity index is 0.00000210. The Bertz CT molecular complexity index is 1050. The van der Waals surface area contributed by atoms with Gasteiger partial charge in [-0.15, -0.1) is 0 Å². The van der Waals surface area contributed by atoms with Crippen LogP contribution in [-0.2, 0) is 0 Å². The summed E-state index contributed by atoms with van der Waals surface area (Å²) in [6.07, 6.45) is 3.42. The molecule has 27 heavy (non-hydrogen) atoms. The van der Waals surface area contributed by atoms with Gasteiger partial charge in [0.2, 0.25) is 5.78 Å². The van der Waals surface area contributed by atoms with E-state index in [-0.39, 0.29) is 52.8 Å². The normalized spacial score (nSPS) is 13.1. The van der Waals surface area contributed by atoms with Crippen molar-refractivity contribution in [1.82, 2.24) is 0 Å². The number of hydrogen-bond donors (Lipinski definition) is 1. The zero-order valence-electron chi connectivity index (χ0n) is 14.0. The van der Waals surface area contributed by atoms with Crippen LogP contribution in [0.4, 0.5) is 10.1 Å². The number of carbonyl (C=O) groups is 2. The predicted octanol–water partition coefficient (Wildman–Crippen LogP) is 0.477. The summed E-state index contributed by atoms with van der Waals surface area (Å²) in [6.45, 7) is 0. The van der Waals surface area contributed by atoms with Crippen LogP contribution in [0.2, 0.25) is 0 Å². The smallest absolute Gasteiger partial charge is 0.286 e. The second-order valence-corrected chi connectivity index (χ2v) is 5.84. The quantitative estimate of drug-likeness (QED) is 0.446. The standard InChI is InChI=1S/C21H13FN2O2.HI/c22-14-8-10-15(11-9-14)23-18-19(24-12-4-1-5-13-24)21(26)17-7-3-2-6-16(17)20(18)25;/h1-13H;1H. The molecule has 1 aromatic heterocycles. The van der Waals surface area contributed by atoms with E-state index in [9.17, 15) is 14.0 Å². The second kappa shape index (κ2) is 7.79. The van der Waals surface area contributed by atoms with Crippen molar-refractivity contribution in [3.63, 3.8) is 0 Å². The third kappa shape index (κ3) is 3.52. The molecule has 3 aromatic rings. The van der Waals surface area contributed by atoms with Crippen LogP contribution in [0, 0.1) is 5.82 Å². The molecule has 0 saturated heterocycles. The van der Waals surface area contributed by atoms with Crippen LogP contribution in [0.5, 0.6) is 0 Å². The van der Waals surface area contributed by atoms with Crippen molar-refractivity contribution in [2.24, 2.45) is 0 Å².